The second-order valence-corrected chi connectivity index (χ2v) is 5.03. The molecule has 0 saturated heterocycles. The molecule has 1 aliphatic rings. The number of nitrogens with one attached hydrogen (secondary N) is 1. The number of hydrogen-bond acceptors (Lipinski definition) is 2. The molecule has 0 aliphatic heterocycles. The molecule has 0 bridgehead atoms. The van der Waals surface area contributed by atoms with Crippen molar-refractivity contribution in [3.8, 4) is 6.07 Å². The summed E-state index contributed by atoms with van der Waals surface area (Å²) < 4.78 is 27.3. The smallest absolute Gasteiger partial charge is 0.150 e. The van der Waals surface area contributed by atoms with E-state index in [0.29, 0.717) is 6.54 Å². The van der Waals surface area contributed by atoms with E-state index >= 15 is 0 Å². The first kappa shape index (κ1) is 12.8. The van der Waals surface area contributed by atoms with E-state index in [-0.39, 0.29) is 16.7 Å². The van der Waals surface area contributed by atoms with Crippen LogP contribution in [0, 0.1) is 28.4 Å². The molecule has 0 spiro atoms. The van der Waals surface area contributed by atoms with E-state index in [1.54, 1.807) is 6.07 Å². The van der Waals surface area contributed by atoms with Crippen LogP contribution in [-0.2, 0) is 0 Å². The third-order valence-corrected chi connectivity index (χ3v) is 3.55. The Morgan fingerprint density at radius 3 is 2.39 bits per heavy atom. The molecule has 2 nitrogen and oxygen atoms in total. The number of halogens is 2. The second kappa shape index (κ2) is 4.93. The molecule has 1 saturated carbocycles. The highest BCUT2D eigenvalue weighted by Gasteiger charge is 2.41. The molecule has 96 valence electrons. The molecule has 2 rings (SSSR count). The number of nitriles is 1. The van der Waals surface area contributed by atoms with Crippen molar-refractivity contribution < 1.29 is 8.78 Å². The first-order chi connectivity index (χ1) is 8.60. The monoisotopic (exact) mass is 250 g/mol. The van der Waals surface area contributed by atoms with Crippen LogP contribution in [0.4, 0.5) is 14.5 Å². The Hall–Kier alpha value is -1.63. The minimum Gasteiger partial charge on any atom is -0.380 e. The van der Waals surface area contributed by atoms with Gasteiger partial charge in [-0.15, -0.1) is 0 Å². The predicted molar refractivity (Wildman–Crippen MR) is 66.1 cm³/mol. The molecule has 1 aromatic rings. The summed E-state index contributed by atoms with van der Waals surface area (Å²) in [5, 5.41) is 11.5. The molecular weight excluding hydrogens is 234 g/mol. The molecule has 0 amide bonds. The fourth-order valence-electron chi connectivity index (χ4n) is 2.30. The van der Waals surface area contributed by atoms with Crippen LogP contribution in [0.1, 0.15) is 38.2 Å². The van der Waals surface area contributed by atoms with Gasteiger partial charge in [-0.25, -0.2) is 8.78 Å². The summed E-state index contributed by atoms with van der Waals surface area (Å²) >= 11 is 0. The van der Waals surface area contributed by atoms with Gasteiger partial charge < -0.3 is 5.32 Å². The highest BCUT2D eigenvalue weighted by molar-refractivity contribution is 5.50. The number of rotatable bonds is 5. The summed E-state index contributed by atoms with van der Waals surface area (Å²) in [4.78, 5) is 0. The van der Waals surface area contributed by atoms with Crippen molar-refractivity contribution in [3.05, 3.63) is 29.3 Å². The summed E-state index contributed by atoms with van der Waals surface area (Å²) in [6, 6.07) is 3.85. The lowest BCUT2D eigenvalue weighted by Gasteiger charge is -2.16. The van der Waals surface area contributed by atoms with Crippen LogP contribution in [0.5, 0.6) is 0 Å². The zero-order valence-electron chi connectivity index (χ0n) is 10.4. The molecule has 0 atom stereocenters. The minimum atomic E-state index is -0.696. The first-order valence-electron chi connectivity index (χ1n) is 6.23. The van der Waals surface area contributed by atoms with Crippen molar-refractivity contribution in [3.63, 3.8) is 0 Å². The summed E-state index contributed by atoms with van der Waals surface area (Å²) in [6.45, 7) is 2.71. The Morgan fingerprint density at radius 1 is 1.33 bits per heavy atom. The van der Waals surface area contributed by atoms with E-state index in [4.69, 9.17) is 5.26 Å². The maximum absolute atomic E-state index is 13.6. The lowest BCUT2D eigenvalue weighted by Crippen LogP contribution is -2.16. The van der Waals surface area contributed by atoms with Crippen LogP contribution in [0.3, 0.4) is 0 Å². The van der Waals surface area contributed by atoms with Crippen molar-refractivity contribution in [1.29, 1.82) is 5.26 Å². The van der Waals surface area contributed by atoms with Crippen molar-refractivity contribution >= 4 is 5.69 Å². The Morgan fingerprint density at radius 2 is 1.94 bits per heavy atom. The maximum atomic E-state index is 13.6. The van der Waals surface area contributed by atoms with E-state index in [1.807, 2.05) is 0 Å². The lowest BCUT2D eigenvalue weighted by atomic mass is 10.0. The van der Waals surface area contributed by atoms with Gasteiger partial charge in [0.15, 0.2) is 11.6 Å². The molecule has 4 heteroatoms. The number of benzene rings is 1. The van der Waals surface area contributed by atoms with E-state index in [9.17, 15) is 8.78 Å². The summed E-state index contributed by atoms with van der Waals surface area (Å²) in [5.74, 6) is -1.39. The summed E-state index contributed by atoms with van der Waals surface area (Å²) in [7, 11) is 0. The summed E-state index contributed by atoms with van der Waals surface area (Å²) in [5.41, 5.74) is 0.114. The van der Waals surface area contributed by atoms with Gasteiger partial charge in [-0.3, -0.25) is 0 Å². The van der Waals surface area contributed by atoms with E-state index < -0.39 is 11.6 Å². The predicted octanol–water partition coefficient (Wildman–Crippen LogP) is 3.83. The average molecular weight is 250 g/mol. The number of anilines is 1. The maximum Gasteiger partial charge on any atom is 0.150 e. The van der Waals surface area contributed by atoms with Gasteiger partial charge in [0.05, 0.1) is 11.6 Å². The van der Waals surface area contributed by atoms with Gasteiger partial charge >= 0.3 is 0 Å². The molecule has 0 heterocycles. The first-order valence-corrected chi connectivity index (χ1v) is 6.23. The van der Waals surface area contributed by atoms with Gasteiger partial charge in [-0.2, -0.15) is 5.26 Å². The third-order valence-electron chi connectivity index (χ3n) is 3.55. The van der Waals surface area contributed by atoms with E-state index in [2.05, 4.69) is 12.2 Å². The molecule has 1 N–H and O–H groups in total. The van der Waals surface area contributed by atoms with Crippen LogP contribution in [0.2, 0.25) is 0 Å². The molecular formula is C14H16F2N2. The van der Waals surface area contributed by atoms with Crippen LogP contribution < -0.4 is 5.32 Å². The van der Waals surface area contributed by atoms with Crippen molar-refractivity contribution in [2.45, 2.75) is 32.6 Å². The Kier molecular flexibility index (Phi) is 3.51. The van der Waals surface area contributed by atoms with Crippen molar-refractivity contribution in [1.82, 2.24) is 0 Å². The quantitative estimate of drug-likeness (QED) is 0.862. The average Bonchev–Trinajstić information content (AvgIpc) is 3.08. The fourth-order valence-corrected chi connectivity index (χ4v) is 2.30. The molecule has 0 aromatic heterocycles. The minimum absolute atomic E-state index is 0.00485. The highest BCUT2D eigenvalue weighted by atomic mass is 19.1. The molecule has 18 heavy (non-hydrogen) atoms. The van der Waals surface area contributed by atoms with Crippen LogP contribution in [0.25, 0.3) is 0 Å². The van der Waals surface area contributed by atoms with Gasteiger partial charge in [0.1, 0.15) is 5.69 Å². The van der Waals surface area contributed by atoms with Gasteiger partial charge in [-0.05, 0) is 36.8 Å². The van der Waals surface area contributed by atoms with E-state index in [0.717, 1.165) is 37.8 Å². The van der Waals surface area contributed by atoms with Crippen LogP contribution >= 0.6 is 0 Å². The Bertz CT molecular complexity index is 464. The largest absolute Gasteiger partial charge is 0.380 e. The molecule has 1 aliphatic carbocycles. The van der Waals surface area contributed by atoms with Gasteiger partial charge in [0.2, 0.25) is 0 Å². The van der Waals surface area contributed by atoms with Crippen LogP contribution in [0.15, 0.2) is 12.1 Å². The molecule has 1 fully saturated rings. The Balaban J connectivity index is 2.08. The topological polar surface area (TPSA) is 35.8 Å². The van der Waals surface area contributed by atoms with Gasteiger partial charge in [0.25, 0.3) is 0 Å². The zero-order valence-corrected chi connectivity index (χ0v) is 10.4. The number of hydrogen-bond donors (Lipinski definition) is 1. The van der Waals surface area contributed by atoms with Gasteiger partial charge in [-0.1, -0.05) is 13.3 Å². The highest BCUT2D eigenvalue weighted by Crippen LogP contribution is 2.49. The SMILES string of the molecule is CCCC1(CNc2c(F)cc(C#N)cc2F)CC1. The van der Waals surface area contributed by atoms with Gasteiger partial charge in [0, 0.05) is 6.54 Å². The third kappa shape index (κ3) is 2.61. The van der Waals surface area contributed by atoms with E-state index in [1.165, 1.54) is 0 Å². The number of nitrogens with zero attached hydrogens (tertiary/aromatic N) is 1. The van der Waals surface area contributed by atoms with Crippen molar-refractivity contribution in [2.24, 2.45) is 5.41 Å². The standard InChI is InChI=1S/C14H16F2N2/c1-2-3-14(4-5-14)9-18-13-11(15)6-10(8-17)7-12(13)16/h6-7,18H,2-5,9H2,1H3. The molecule has 1 aromatic carbocycles. The van der Waals surface area contributed by atoms with Crippen molar-refractivity contribution in [2.75, 3.05) is 11.9 Å². The van der Waals surface area contributed by atoms with Crippen LogP contribution in [-0.4, -0.2) is 6.54 Å². The second-order valence-electron chi connectivity index (χ2n) is 5.03. The summed E-state index contributed by atoms with van der Waals surface area (Å²) in [6.07, 6.45) is 4.40. The molecule has 0 radical (unpaired) electrons. The Labute approximate surface area is 106 Å². The zero-order chi connectivity index (χ0) is 13.2. The lowest BCUT2D eigenvalue weighted by molar-refractivity contribution is 0.481. The normalized spacial score (nSPS) is 16.1. The fraction of sp³-hybridized carbons (Fsp3) is 0.500. The molecule has 0 unspecified atom stereocenters.